The van der Waals surface area contributed by atoms with Crippen LogP contribution in [0.15, 0.2) is 28.7 Å². The summed E-state index contributed by atoms with van der Waals surface area (Å²) in [6.45, 7) is 0.133. The largest absolute Gasteiger partial charge is 0.351 e. The molecule has 0 bridgehead atoms. The predicted molar refractivity (Wildman–Crippen MR) is 66.2 cm³/mol. The Balaban J connectivity index is 2.50. The van der Waals surface area contributed by atoms with Gasteiger partial charge in [0.05, 0.1) is 5.75 Å². The molecular weight excluding hydrogens is 294 g/mol. The van der Waals surface area contributed by atoms with E-state index in [0.29, 0.717) is 5.56 Å². The molecule has 16 heavy (non-hydrogen) atoms. The van der Waals surface area contributed by atoms with Crippen molar-refractivity contribution in [1.29, 1.82) is 0 Å². The molecule has 0 heterocycles. The molecule has 0 spiro atoms. The second-order valence-corrected chi connectivity index (χ2v) is 6.57. The van der Waals surface area contributed by atoms with Gasteiger partial charge < -0.3 is 5.32 Å². The van der Waals surface area contributed by atoms with Gasteiger partial charge in [0.2, 0.25) is 0 Å². The van der Waals surface area contributed by atoms with Gasteiger partial charge in [0.1, 0.15) is 9.84 Å². The lowest BCUT2D eigenvalue weighted by atomic mass is 10.2. The van der Waals surface area contributed by atoms with Gasteiger partial charge in [0, 0.05) is 22.8 Å². The quantitative estimate of drug-likeness (QED) is 0.910. The van der Waals surface area contributed by atoms with Gasteiger partial charge >= 0.3 is 0 Å². The van der Waals surface area contributed by atoms with E-state index in [1.807, 2.05) is 0 Å². The molecule has 1 N–H and O–H groups in total. The predicted octanol–water partition coefficient (Wildman–Crippen LogP) is 1.22. The summed E-state index contributed by atoms with van der Waals surface area (Å²) in [4.78, 5) is 11.5. The number of hydrogen-bond acceptors (Lipinski definition) is 3. The van der Waals surface area contributed by atoms with E-state index in [9.17, 15) is 13.2 Å². The summed E-state index contributed by atoms with van der Waals surface area (Å²) in [6.07, 6.45) is 1.14. The SMILES string of the molecule is CS(=O)(=O)CCNC(=O)c1ccc(Br)cc1. The van der Waals surface area contributed by atoms with E-state index in [2.05, 4.69) is 21.2 Å². The van der Waals surface area contributed by atoms with Gasteiger partial charge in [-0.25, -0.2) is 8.42 Å². The average Bonchev–Trinajstić information content (AvgIpc) is 2.16. The molecule has 1 aromatic carbocycles. The number of hydrogen-bond donors (Lipinski definition) is 1. The summed E-state index contributed by atoms with van der Waals surface area (Å²) in [5, 5.41) is 2.54. The minimum absolute atomic E-state index is 0.0464. The normalized spacial score (nSPS) is 11.1. The maximum atomic E-state index is 11.5. The minimum Gasteiger partial charge on any atom is -0.351 e. The Morgan fingerprint density at radius 2 is 1.88 bits per heavy atom. The van der Waals surface area contributed by atoms with Gasteiger partial charge in [-0.2, -0.15) is 0 Å². The lowest BCUT2D eigenvalue weighted by molar-refractivity contribution is 0.0956. The van der Waals surface area contributed by atoms with E-state index in [1.54, 1.807) is 24.3 Å². The maximum absolute atomic E-state index is 11.5. The second-order valence-electron chi connectivity index (χ2n) is 3.39. The fourth-order valence-corrected chi connectivity index (χ4v) is 1.79. The second kappa shape index (κ2) is 5.45. The lowest BCUT2D eigenvalue weighted by Crippen LogP contribution is -2.28. The highest BCUT2D eigenvalue weighted by atomic mass is 79.9. The minimum atomic E-state index is -3.03. The highest BCUT2D eigenvalue weighted by molar-refractivity contribution is 9.10. The van der Waals surface area contributed by atoms with Crippen LogP contribution in [0.25, 0.3) is 0 Å². The Bertz CT molecular complexity index is 467. The first-order chi connectivity index (χ1) is 7.38. The molecule has 0 aromatic heterocycles. The fraction of sp³-hybridized carbons (Fsp3) is 0.300. The van der Waals surface area contributed by atoms with Crippen molar-refractivity contribution in [2.45, 2.75) is 0 Å². The number of sulfone groups is 1. The van der Waals surface area contributed by atoms with Crippen LogP contribution < -0.4 is 5.32 Å². The maximum Gasteiger partial charge on any atom is 0.251 e. The topological polar surface area (TPSA) is 63.2 Å². The van der Waals surface area contributed by atoms with Gasteiger partial charge in [-0.05, 0) is 24.3 Å². The van der Waals surface area contributed by atoms with E-state index in [1.165, 1.54) is 0 Å². The molecule has 6 heteroatoms. The molecule has 0 saturated heterocycles. The molecular formula is C10H12BrNO3S. The van der Waals surface area contributed by atoms with Gasteiger partial charge in [0.25, 0.3) is 5.91 Å². The molecule has 1 aromatic rings. The first-order valence-corrected chi connectivity index (χ1v) is 7.45. The monoisotopic (exact) mass is 305 g/mol. The van der Waals surface area contributed by atoms with Crippen LogP contribution >= 0.6 is 15.9 Å². The number of carbonyl (C=O) groups is 1. The Morgan fingerprint density at radius 3 is 2.38 bits per heavy atom. The van der Waals surface area contributed by atoms with Crippen molar-refractivity contribution >= 4 is 31.7 Å². The van der Waals surface area contributed by atoms with Crippen molar-refractivity contribution in [3.05, 3.63) is 34.3 Å². The molecule has 0 radical (unpaired) electrons. The molecule has 88 valence electrons. The van der Waals surface area contributed by atoms with Crippen molar-refractivity contribution in [3.8, 4) is 0 Å². The Morgan fingerprint density at radius 1 is 1.31 bits per heavy atom. The van der Waals surface area contributed by atoms with E-state index in [4.69, 9.17) is 0 Å². The van der Waals surface area contributed by atoms with Crippen molar-refractivity contribution < 1.29 is 13.2 Å². The number of nitrogens with one attached hydrogen (secondary N) is 1. The third-order valence-corrected chi connectivity index (χ3v) is 3.34. The first-order valence-electron chi connectivity index (χ1n) is 4.60. The Hall–Kier alpha value is -0.880. The summed E-state index contributed by atoms with van der Waals surface area (Å²) in [5.41, 5.74) is 0.511. The van der Waals surface area contributed by atoms with E-state index < -0.39 is 9.84 Å². The zero-order valence-electron chi connectivity index (χ0n) is 8.73. The third-order valence-electron chi connectivity index (χ3n) is 1.86. The number of halogens is 1. The van der Waals surface area contributed by atoms with Crippen molar-refractivity contribution in [2.24, 2.45) is 0 Å². The van der Waals surface area contributed by atoms with Gasteiger partial charge in [-0.3, -0.25) is 4.79 Å². The van der Waals surface area contributed by atoms with Crippen molar-refractivity contribution in [3.63, 3.8) is 0 Å². The van der Waals surface area contributed by atoms with Crippen LogP contribution in [0.1, 0.15) is 10.4 Å². The molecule has 4 nitrogen and oxygen atoms in total. The Kier molecular flexibility index (Phi) is 4.49. The smallest absolute Gasteiger partial charge is 0.251 e. The number of rotatable bonds is 4. The van der Waals surface area contributed by atoms with Gasteiger partial charge in [-0.15, -0.1) is 0 Å². The number of carbonyl (C=O) groups excluding carboxylic acids is 1. The summed E-state index contributed by atoms with van der Waals surface area (Å²) in [5.74, 6) is -0.314. The highest BCUT2D eigenvalue weighted by Crippen LogP contribution is 2.10. The molecule has 0 aliphatic carbocycles. The lowest BCUT2D eigenvalue weighted by Gasteiger charge is -2.04. The summed E-state index contributed by atoms with van der Waals surface area (Å²) in [7, 11) is -3.03. The molecule has 0 atom stereocenters. The summed E-state index contributed by atoms with van der Waals surface area (Å²) in [6, 6.07) is 6.84. The Labute approximate surface area is 103 Å². The van der Waals surface area contributed by atoms with Crippen LogP contribution in [0.2, 0.25) is 0 Å². The number of benzene rings is 1. The molecule has 0 unspecified atom stereocenters. The van der Waals surface area contributed by atoms with Crippen LogP contribution in [0.4, 0.5) is 0 Å². The molecule has 0 aliphatic heterocycles. The van der Waals surface area contributed by atoms with Crippen LogP contribution in [0.5, 0.6) is 0 Å². The van der Waals surface area contributed by atoms with E-state index >= 15 is 0 Å². The average molecular weight is 306 g/mol. The molecule has 0 fully saturated rings. The van der Waals surface area contributed by atoms with Crippen LogP contribution in [-0.2, 0) is 9.84 Å². The third kappa shape index (κ3) is 4.76. The molecule has 0 saturated carbocycles. The fourth-order valence-electron chi connectivity index (χ4n) is 1.05. The first kappa shape index (κ1) is 13.2. The van der Waals surface area contributed by atoms with Gasteiger partial charge in [0.15, 0.2) is 0 Å². The molecule has 0 aliphatic rings. The standard InChI is InChI=1S/C10H12BrNO3S/c1-16(14,15)7-6-12-10(13)8-2-4-9(11)5-3-8/h2-5H,6-7H2,1H3,(H,12,13). The molecule has 1 rings (SSSR count). The number of amides is 1. The van der Waals surface area contributed by atoms with Crippen LogP contribution in [0.3, 0.4) is 0 Å². The zero-order chi connectivity index (χ0) is 12.2. The van der Waals surface area contributed by atoms with E-state index in [-0.39, 0.29) is 18.2 Å². The van der Waals surface area contributed by atoms with Crippen molar-refractivity contribution in [2.75, 3.05) is 18.6 Å². The molecule has 1 amide bonds. The highest BCUT2D eigenvalue weighted by Gasteiger charge is 2.06. The van der Waals surface area contributed by atoms with Gasteiger partial charge in [-0.1, -0.05) is 15.9 Å². The van der Waals surface area contributed by atoms with Crippen LogP contribution in [-0.4, -0.2) is 32.9 Å². The zero-order valence-corrected chi connectivity index (χ0v) is 11.1. The summed E-state index contributed by atoms with van der Waals surface area (Å²) >= 11 is 3.26. The summed E-state index contributed by atoms with van der Waals surface area (Å²) < 4.78 is 22.6. The van der Waals surface area contributed by atoms with Crippen molar-refractivity contribution in [1.82, 2.24) is 5.32 Å². The van der Waals surface area contributed by atoms with Crippen LogP contribution in [0, 0.1) is 0 Å². The van der Waals surface area contributed by atoms with E-state index in [0.717, 1.165) is 10.7 Å².